The molecule has 4 aromatic rings. The van der Waals surface area contributed by atoms with Crippen LogP contribution in [0.3, 0.4) is 0 Å². The molecule has 12 heteroatoms. The fourth-order valence-corrected chi connectivity index (χ4v) is 8.19. The molecule has 7 rings (SSSR count). The van der Waals surface area contributed by atoms with Crippen molar-refractivity contribution in [1.82, 2.24) is 30.3 Å². The van der Waals surface area contributed by atoms with Gasteiger partial charge in [-0.25, -0.2) is 14.5 Å². The van der Waals surface area contributed by atoms with Gasteiger partial charge in [0.1, 0.15) is 11.0 Å². The van der Waals surface area contributed by atoms with Gasteiger partial charge >= 0.3 is 6.09 Å². The number of nitrogens with zero attached hydrogens (tertiary/aromatic N) is 4. The molecule has 4 heterocycles. The number of fused-ring (bicyclic) bond motifs is 1. The number of ether oxygens (including phenoxy) is 2. The molecular weight excluding hydrogens is 719 g/mol. The lowest BCUT2D eigenvalue weighted by Crippen LogP contribution is -2.42. The van der Waals surface area contributed by atoms with Crippen molar-refractivity contribution in [2.45, 2.75) is 117 Å². The highest BCUT2D eigenvalue weighted by Gasteiger charge is 2.56. The Morgan fingerprint density at radius 3 is 2.18 bits per heavy atom. The lowest BCUT2D eigenvalue weighted by Gasteiger charge is -2.33. The van der Waals surface area contributed by atoms with Gasteiger partial charge in [-0.05, 0) is 113 Å². The third kappa shape index (κ3) is 9.43. The van der Waals surface area contributed by atoms with Crippen LogP contribution in [0.25, 0.3) is 22.2 Å². The normalized spacial score (nSPS) is 17.3. The molecule has 2 aromatic carbocycles. The summed E-state index contributed by atoms with van der Waals surface area (Å²) in [7, 11) is 0. The van der Waals surface area contributed by atoms with Gasteiger partial charge in [-0.3, -0.25) is 9.59 Å². The van der Waals surface area contributed by atoms with Gasteiger partial charge in [-0.2, -0.15) is 5.10 Å². The Labute approximate surface area is 336 Å². The Kier molecular flexibility index (Phi) is 12.2. The van der Waals surface area contributed by atoms with Crippen LogP contribution in [0.5, 0.6) is 0 Å². The molecule has 2 saturated heterocycles. The van der Waals surface area contributed by atoms with Crippen molar-refractivity contribution in [3.05, 3.63) is 77.1 Å². The first kappa shape index (κ1) is 40.2. The Morgan fingerprint density at radius 1 is 0.895 bits per heavy atom. The van der Waals surface area contributed by atoms with E-state index in [1.54, 1.807) is 0 Å². The number of carbonyl (C=O) groups excluding carboxylic acids is 3. The number of anilines is 1. The van der Waals surface area contributed by atoms with E-state index in [9.17, 15) is 14.4 Å². The minimum Gasteiger partial charge on any atom is -0.444 e. The zero-order valence-electron chi connectivity index (χ0n) is 34.3. The number of carbonyl (C=O) groups is 3. The molecule has 0 spiro atoms. The molecule has 1 saturated carbocycles. The Hall–Kier alpha value is -4.97. The molecule has 1 aliphatic carbocycles. The number of aromatic nitrogens is 3. The van der Waals surface area contributed by atoms with Gasteiger partial charge in [-0.1, -0.05) is 49.4 Å². The summed E-state index contributed by atoms with van der Waals surface area (Å²) in [5, 5.41) is 15.5. The number of pyridine rings is 1. The van der Waals surface area contributed by atoms with E-state index in [2.05, 4.69) is 71.3 Å². The van der Waals surface area contributed by atoms with Crippen molar-refractivity contribution < 1.29 is 23.9 Å². The minimum absolute atomic E-state index is 0.226. The Morgan fingerprint density at radius 2 is 1.54 bits per heavy atom. The summed E-state index contributed by atoms with van der Waals surface area (Å²) in [4.78, 5) is 46.8. The zero-order valence-corrected chi connectivity index (χ0v) is 34.3. The first-order valence-corrected chi connectivity index (χ1v) is 20.9. The van der Waals surface area contributed by atoms with E-state index in [0.29, 0.717) is 64.6 Å². The second kappa shape index (κ2) is 17.3. The molecule has 0 bridgehead atoms. The van der Waals surface area contributed by atoms with Crippen LogP contribution in [-0.4, -0.2) is 75.5 Å². The maximum Gasteiger partial charge on any atom is 0.410 e. The van der Waals surface area contributed by atoms with E-state index >= 15 is 0 Å². The summed E-state index contributed by atoms with van der Waals surface area (Å²) < 4.78 is 13.1. The van der Waals surface area contributed by atoms with Gasteiger partial charge in [0.15, 0.2) is 5.65 Å². The second-order valence-electron chi connectivity index (χ2n) is 17.0. The topological polar surface area (TPSA) is 140 Å². The largest absolute Gasteiger partial charge is 0.444 e. The number of aryl methyl sites for hydroxylation is 2. The maximum atomic E-state index is 13.8. The minimum atomic E-state index is -1.07. The van der Waals surface area contributed by atoms with E-state index in [1.165, 1.54) is 5.56 Å². The summed E-state index contributed by atoms with van der Waals surface area (Å²) in [5.41, 5.74) is 6.54. The Balaban J connectivity index is 0.962. The third-order valence-electron chi connectivity index (χ3n) is 11.7. The average Bonchev–Trinajstić information content (AvgIpc) is 3.93. The van der Waals surface area contributed by atoms with Crippen molar-refractivity contribution in [1.29, 1.82) is 0 Å². The van der Waals surface area contributed by atoms with Gasteiger partial charge in [0.25, 0.3) is 0 Å². The predicted octanol–water partition coefficient (Wildman–Crippen LogP) is 7.17. The summed E-state index contributed by atoms with van der Waals surface area (Å²) in [6.07, 6.45) is 8.03. The molecule has 2 aromatic heterocycles. The lowest BCUT2D eigenvalue weighted by molar-refractivity contribution is -0.137. The first-order valence-electron chi connectivity index (χ1n) is 20.9. The number of amides is 3. The predicted molar refractivity (Wildman–Crippen MR) is 222 cm³/mol. The quantitative estimate of drug-likeness (QED) is 0.122. The van der Waals surface area contributed by atoms with E-state index in [-0.39, 0.29) is 30.5 Å². The number of likely N-dealkylation sites (tertiary alicyclic amines) is 1. The van der Waals surface area contributed by atoms with Crippen LogP contribution < -0.4 is 16.0 Å². The van der Waals surface area contributed by atoms with Crippen LogP contribution in [0.15, 0.2) is 54.7 Å². The van der Waals surface area contributed by atoms with Crippen LogP contribution in [0.4, 0.5) is 10.5 Å². The smallest absolute Gasteiger partial charge is 0.410 e. The highest BCUT2D eigenvalue weighted by atomic mass is 16.6. The molecule has 3 fully saturated rings. The summed E-state index contributed by atoms with van der Waals surface area (Å²) in [6, 6.07) is 17.1. The van der Waals surface area contributed by atoms with Gasteiger partial charge in [0, 0.05) is 63.2 Å². The third-order valence-corrected chi connectivity index (χ3v) is 11.7. The molecule has 2 aliphatic heterocycles. The fraction of sp³-hybridized carbons (Fsp3) is 0.533. The van der Waals surface area contributed by atoms with Crippen LogP contribution in [0.2, 0.25) is 0 Å². The van der Waals surface area contributed by atoms with Gasteiger partial charge in [-0.15, -0.1) is 0 Å². The zero-order chi connectivity index (χ0) is 40.2. The molecular formula is C45H59N7O5. The number of rotatable bonds is 13. The molecule has 0 unspecified atom stereocenters. The summed E-state index contributed by atoms with van der Waals surface area (Å²) >= 11 is 0. The van der Waals surface area contributed by atoms with E-state index in [0.717, 1.165) is 76.8 Å². The molecule has 12 nitrogen and oxygen atoms in total. The van der Waals surface area contributed by atoms with E-state index in [1.807, 2.05) is 48.7 Å². The standard InChI is InChI=1S/C45H59N7O5/c1-6-38-36(39(49-35-16-22-56-23-17-35)37-29-48-52(7-2)40(37)50-38)28-47-42(54)45(18-19-45)41(53)46-27-32-11-9-13-34(26-32)33-12-8-10-31(25-33)24-30-14-20-51(21-15-30)43(55)57-44(3,4)5/h8-13,25-26,29-30,35H,6-7,14-24,27-28H2,1-5H3,(H,46,53)(H,47,54)(H,49,50). The molecule has 0 atom stereocenters. The highest BCUT2D eigenvalue weighted by Crippen LogP contribution is 2.46. The van der Waals surface area contributed by atoms with Crippen molar-refractivity contribution in [3.8, 4) is 11.1 Å². The van der Waals surface area contributed by atoms with Crippen molar-refractivity contribution in [3.63, 3.8) is 0 Å². The van der Waals surface area contributed by atoms with Crippen molar-refractivity contribution in [2.75, 3.05) is 31.6 Å². The number of hydrogen-bond acceptors (Lipinski definition) is 8. The summed E-state index contributed by atoms with van der Waals surface area (Å²) in [5.74, 6) is 0.0203. The molecule has 3 aliphatic rings. The van der Waals surface area contributed by atoms with Gasteiger partial charge in [0.05, 0.1) is 17.3 Å². The monoisotopic (exact) mass is 777 g/mol. The van der Waals surface area contributed by atoms with E-state index < -0.39 is 11.0 Å². The molecule has 3 amide bonds. The van der Waals surface area contributed by atoms with Crippen molar-refractivity contribution in [2.24, 2.45) is 11.3 Å². The number of nitrogens with one attached hydrogen (secondary N) is 3. The number of benzene rings is 2. The fourth-order valence-electron chi connectivity index (χ4n) is 8.19. The van der Waals surface area contributed by atoms with Crippen LogP contribution in [0.1, 0.15) is 95.5 Å². The van der Waals surface area contributed by atoms with Gasteiger partial charge < -0.3 is 30.3 Å². The molecule has 3 N–H and O–H groups in total. The molecule has 304 valence electrons. The molecule has 0 radical (unpaired) electrons. The second-order valence-corrected chi connectivity index (χ2v) is 17.0. The van der Waals surface area contributed by atoms with E-state index in [4.69, 9.17) is 14.5 Å². The Bertz CT molecular complexity index is 2070. The number of hydrogen-bond donors (Lipinski definition) is 3. The van der Waals surface area contributed by atoms with Crippen LogP contribution >= 0.6 is 0 Å². The van der Waals surface area contributed by atoms with Crippen molar-refractivity contribution >= 4 is 34.6 Å². The molecule has 57 heavy (non-hydrogen) atoms. The maximum absolute atomic E-state index is 13.8. The van der Waals surface area contributed by atoms with Crippen LogP contribution in [0, 0.1) is 11.3 Å². The highest BCUT2D eigenvalue weighted by molar-refractivity contribution is 6.08. The van der Waals surface area contributed by atoms with Gasteiger partial charge in [0.2, 0.25) is 11.8 Å². The average molecular weight is 778 g/mol. The van der Waals surface area contributed by atoms with Crippen LogP contribution in [-0.2, 0) is 51.5 Å². The first-order chi connectivity index (χ1) is 27.5. The lowest BCUT2D eigenvalue weighted by atomic mass is 9.89. The SMILES string of the molecule is CCc1nc2c(cnn2CC)c(NC2CCOCC2)c1CNC(=O)C1(C(=O)NCc2cccc(-c3cccc(CC4CCN(C(=O)OC(C)(C)C)CC4)c3)c2)CC1. The number of piperidine rings is 1. The summed E-state index contributed by atoms with van der Waals surface area (Å²) in [6.45, 7) is 14.0.